The first-order chi connectivity index (χ1) is 8.50. The van der Waals surface area contributed by atoms with Gasteiger partial charge in [0, 0.05) is 17.1 Å². The van der Waals surface area contributed by atoms with E-state index in [1.165, 1.54) is 30.3 Å². The van der Waals surface area contributed by atoms with Crippen molar-refractivity contribution in [1.29, 1.82) is 0 Å². The number of carbonyl (C=O) groups is 1. The molecule has 0 unspecified atom stereocenters. The molecule has 0 N–H and O–H groups in total. The highest BCUT2D eigenvalue weighted by molar-refractivity contribution is 9.10. The van der Waals surface area contributed by atoms with Crippen LogP contribution in [0.25, 0.3) is 0 Å². The molecular formula is C13H11BrFNO2. The van der Waals surface area contributed by atoms with E-state index in [1.807, 2.05) is 0 Å². The molecule has 0 spiro atoms. The van der Waals surface area contributed by atoms with Crippen LogP contribution in [0.2, 0.25) is 0 Å². The molecule has 0 saturated carbocycles. The van der Waals surface area contributed by atoms with E-state index in [4.69, 9.17) is 4.42 Å². The van der Waals surface area contributed by atoms with E-state index < -0.39 is 5.82 Å². The lowest BCUT2D eigenvalue weighted by Gasteiger charge is -2.17. The maximum atomic E-state index is 13.7. The predicted octanol–water partition coefficient (Wildman–Crippen LogP) is 3.77. The van der Waals surface area contributed by atoms with Crippen LogP contribution in [0, 0.1) is 12.7 Å². The monoisotopic (exact) mass is 311 g/mol. The third kappa shape index (κ3) is 2.31. The summed E-state index contributed by atoms with van der Waals surface area (Å²) in [6.45, 7) is 1.77. The summed E-state index contributed by atoms with van der Waals surface area (Å²) in [5, 5.41) is 0. The molecule has 0 aliphatic rings. The van der Waals surface area contributed by atoms with E-state index >= 15 is 0 Å². The van der Waals surface area contributed by atoms with Crippen LogP contribution in [0.3, 0.4) is 0 Å². The molecule has 0 radical (unpaired) electrons. The minimum absolute atomic E-state index is 0.207. The van der Waals surface area contributed by atoms with Gasteiger partial charge in [0.05, 0.1) is 12.0 Å². The lowest BCUT2D eigenvalue weighted by Crippen LogP contribution is -2.27. The highest BCUT2D eigenvalue weighted by Crippen LogP contribution is 2.24. The standard InChI is InChI=1S/C13H11BrFNO2/c1-8-5-6-18-12(8)13(17)16(2)11-4-3-9(14)7-10(11)15/h3-7H,1-2H3. The third-order valence-corrected chi connectivity index (χ3v) is 3.13. The summed E-state index contributed by atoms with van der Waals surface area (Å²) in [6.07, 6.45) is 1.44. The quantitative estimate of drug-likeness (QED) is 0.846. The van der Waals surface area contributed by atoms with Gasteiger partial charge in [0.1, 0.15) is 5.82 Å². The zero-order chi connectivity index (χ0) is 13.3. The summed E-state index contributed by atoms with van der Waals surface area (Å²) in [4.78, 5) is 13.3. The Morgan fingerprint density at radius 1 is 1.39 bits per heavy atom. The average molecular weight is 312 g/mol. The molecule has 5 heteroatoms. The van der Waals surface area contributed by atoms with Gasteiger partial charge in [-0.3, -0.25) is 4.79 Å². The Hall–Kier alpha value is -1.62. The fourth-order valence-corrected chi connectivity index (χ4v) is 1.94. The van der Waals surface area contributed by atoms with Gasteiger partial charge in [0.15, 0.2) is 5.76 Å². The number of amides is 1. The minimum atomic E-state index is -0.468. The fraction of sp³-hybridized carbons (Fsp3) is 0.154. The van der Waals surface area contributed by atoms with Gasteiger partial charge in [0.25, 0.3) is 5.91 Å². The van der Waals surface area contributed by atoms with E-state index in [0.29, 0.717) is 4.47 Å². The molecule has 1 aromatic carbocycles. The molecule has 1 amide bonds. The van der Waals surface area contributed by atoms with Crippen LogP contribution in [0.15, 0.2) is 39.4 Å². The molecule has 0 aliphatic heterocycles. The van der Waals surface area contributed by atoms with Crippen molar-refractivity contribution in [3.05, 3.63) is 52.1 Å². The van der Waals surface area contributed by atoms with Crippen LogP contribution >= 0.6 is 15.9 Å². The second kappa shape index (κ2) is 4.94. The zero-order valence-electron chi connectivity index (χ0n) is 9.91. The van der Waals surface area contributed by atoms with Crippen LogP contribution in [0.4, 0.5) is 10.1 Å². The summed E-state index contributed by atoms with van der Waals surface area (Å²) >= 11 is 3.17. The smallest absolute Gasteiger partial charge is 0.294 e. The molecule has 0 aliphatic carbocycles. The lowest BCUT2D eigenvalue weighted by atomic mass is 10.2. The molecule has 0 bridgehead atoms. The van der Waals surface area contributed by atoms with Gasteiger partial charge in [-0.1, -0.05) is 15.9 Å². The maximum Gasteiger partial charge on any atom is 0.294 e. The van der Waals surface area contributed by atoms with Crippen molar-refractivity contribution in [2.24, 2.45) is 0 Å². The number of aryl methyl sites for hydroxylation is 1. The molecular weight excluding hydrogens is 301 g/mol. The number of rotatable bonds is 2. The number of benzene rings is 1. The van der Waals surface area contributed by atoms with Crippen LogP contribution < -0.4 is 4.90 Å². The summed E-state index contributed by atoms with van der Waals surface area (Å²) in [5.41, 5.74) is 0.934. The number of nitrogens with zero attached hydrogens (tertiary/aromatic N) is 1. The molecule has 3 nitrogen and oxygen atoms in total. The third-order valence-electron chi connectivity index (χ3n) is 2.63. The molecule has 0 atom stereocenters. The number of hydrogen-bond donors (Lipinski definition) is 0. The van der Waals surface area contributed by atoms with Crippen LogP contribution in [-0.2, 0) is 0 Å². The van der Waals surface area contributed by atoms with Crippen LogP contribution in [-0.4, -0.2) is 13.0 Å². The lowest BCUT2D eigenvalue weighted by molar-refractivity contribution is 0.0965. The van der Waals surface area contributed by atoms with Gasteiger partial charge in [0.2, 0.25) is 0 Å². The first-order valence-corrected chi connectivity index (χ1v) is 6.07. The van der Waals surface area contributed by atoms with Crippen molar-refractivity contribution in [3.8, 4) is 0 Å². The van der Waals surface area contributed by atoms with Gasteiger partial charge < -0.3 is 9.32 Å². The summed E-state index contributed by atoms with van der Waals surface area (Å²) in [5.74, 6) is -0.622. The minimum Gasteiger partial charge on any atom is -0.459 e. The Kier molecular flexibility index (Phi) is 3.52. The first kappa shape index (κ1) is 12.8. The average Bonchev–Trinajstić information content (AvgIpc) is 2.74. The number of carbonyl (C=O) groups excluding carboxylic acids is 1. The zero-order valence-corrected chi connectivity index (χ0v) is 11.5. The molecule has 0 saturated heterocycles. The summed E-state index contributed by atoms with van der Waals surface area (Å²) < 4.78 is 19.5. The van der Waals surface area contributed by atoms with E-state index in [2.05, 4.69) is 15.9 Å². The largest absolute Gasteiger partial charge is 0.459 e. The molecule has 18 heavy (non-hydrogen) atoms. The van der Waals surface area contributed by atoms with Gasteiger partial charge >= 0.3 is 0 Å². The maximum absolute atomic E-state index is 13.7. The Labute approximate surface area is 112 Å². The highest BCUT2D eigenvalue weighted by Gasteiger charge is 2.20. The topological polar surface area (TPSA) is 33.5 Å². The molecule has 2 rings (SSSR count). The highest BCUT2D eigenvalue weighted by atomic mass is 79.9. The van der Waals surface area contributed by atoms with Gasteiger partial charge in [-0.25, -0.2) is 4.39 Å². The van der Waals surface area contributed by atoms with Gasteiger partial charge in [-0.05, 0) is 31.2 Å². The normalized spacial score (nSPS) is 10.4. The second-order valence-electron chi connectivity index (χ2n) is 3.89. The van der Waals surface area contributed by atoms with Gasteiger partial charge in [-0.2, -0.15) is 0 Å². The van der Waals surface area contributed by atoms with Crippen molar-refractivity contribution in [1.82, 2.24) is 0 Å². The van der Waals surface area contributed by atoms with Crippen LogP contribution in [0.5, 0.6) is 0 Å². The van der Waals surface area contributed by atoms with Crippen molar-refractivity contribution in [2.75, 3.05) is 11.9 Å². The molecule has 1 heterocycles. The van der Waals surface area contributed by atoms with Crippen molar-refractivity contribution < 1.29 is 13.6 Å². The van der Waals surface area contributed by atoms with Gasteiger partial charge in [-0.15, -0.1) is 0 Å². The van der Waals surface area contributed by atoms with E-state index in [9.17, 15) is 9.18 Å². The summed E-state index contributed by atoms with van der Waals surface area (Å²) in [7, 11) is 1.51. The van der Waals surface area contributed by atoms with Crippen LogP contribution in [0.1, 0.15) is 16.1 Å². The number of halogens is 2. The fourth-order valence-electron chi connectivity index (χ4n) is 1.61. The van der Waals surface area contributed by atoms with E-state index in [1.54, 1.807) is 19.1 Å². The van der Waals surface area contributed by atoms with E-state index in [0.717, 1.165) is 5.56 Å². The molecule has 0 fully saturated rings. The number of anilines is 1. The molecule has 2 aromatic rings. The molecule has 1 aromatic heterocycles. The van der Waals surface area contributed by atoms with Crippen molar-refractivity contribution in [2.45, 2.75) is 6.92 Å². The van der Waals surface area contributed by atoms with Crippen molar-refractivity contribution in [3.63, 3.8) is 0 Å². The Balaban J connectivity index is 2.34. The number of furan rings is 1. The SMILES string of the molecule is Cc1ccoc1C(=O)N(C)c1ccc(Br)cc1F. The number of hydrogen-bond acceptors (Lipinski definition) is 2. The molecule has 94 valence electrons. The Bertz CT molecular complexity index is 594. The van der Waals surface area contributed by atoms with E-state index in [-0.39, 0.29) is 17.4 Å². The Morgan fingerprint density at radius 2 is 2.11 bits per heavy atom. The summed E-state index contributed by atoms with van der Waals surface area (Å²) in [6, 6.07) is 6.22. The van der Waals surface area contributed by atoms with Crippen molar-refractivity contribution >= 4 is 27.5 Å². The first-order valence-electron chi connectivity index (χ1n) is 5.28. The second-order valence-corrected chi connectivity index (χ2v) is 4.81. The predicted molar refractivity (Wildman–Crippen MR) is 70.3 cm³/mol. The Morgan fingerprint density at radius 3 is 2.67 bits per heavy atom.